The van der Waals surface area contributed by atoms with E-state index in [1.807, 2.05) is 0 Å². The molecule has 1 aromatic rings. The minimum atomic E-state index is -4.39. The molecule has 18 heavy (non-hydrogen) atoms. The number of hydrogen-bond acceptors (Lipinski definition) is 2. The fourth-order valence-corrected chi connectivity index (χ4v) is 1.36. The second-order valence-electron chi connectivity index (χ2n) is 3.74. The van der Waals surface area contributed by atoms with E-state index in [1.165, 1.54) is 12.1 Å². The first-order chi connectivity index (χ1) is 8.33. The van der Waals surface area contributed by atoms with Gasteiger partial charge in [0.25, 0.3) is 5.91 Å². The van der Waals surface area contributed by atoms with Crippen molar-refractivity contribution in [1.82, 2.24) is 5.32 Å². The van der Waals surface area contributed by atoms with Gasteiger partial charge in [-0.25, -0.2) is 0 Å². The monoisotopic (exact) mass is 261 g/mol. The molecule has 1 amide bonds. The molecule has 1 aromatic carbocycles. The molecule has 0 radical (unpaired) electrons. The van der Waals surface area contributed by atoms with Crippen LogP contribution in [0.25, 0.3) is 0 Å². The molecule has 1 rings (SSSR count). The Balaban J connectivity index is 2.84. The van der Waals surface area contributed by atoms with Crippen molar-refractivity contribution in [3.8, 4) is 5.75 Å². The Morgan fingerprint density at radius 3 is 2.61 bits per heavy atom. The fourth-order valence-electron chi connectivity index (χ4n) is 1.36. The molecule has 0 unspecified atom stereocenters. The SMILES string of the molecule is CCNC(=O)c1cc(OCC(F)(F)F)ccc1C. The summed E-state index contributed by atoms with van der Waals surface area (Å²) in [7, 11) is 0. The van der Waals surface area contributed by atoms with E-state index in [9.17, 15) is 18.0 Å². The number of amides is 1. The molecule has 0 fully saturated rings. The van der Waals surface area contributed by atoms with E-state index >= 15 is 0 Å². The number of ether oxygens (including phenoxy) is 1. The van der Waals surface area contributed by atoms with Gasteiger partial charge in [0.1, 0.15) is 5.75 Å². The highest BCUT2D eigenvalue weighted by Crippen LogP contribution is 2.21. The van der Waals surface area contributed by atoms with Crippen LogP contribution in [0, 0.1) is 6.92 Å². The Morgan fingerprint density at radius 2 is 2.06 bits per heavy atom. The van der Waals surface area contributed by atoms with Crippen LogP contribution in [0.15, 0.2) is 18.2 Å². The number of benzene rings is 1. The summed E-state index contributed by atoms with van der Waals surface area (Å²) < 4.78 is 40.6. The van der Waals surface area contributed by atoms with Crippen LogP contribution in [0.2, 0.25) is 0 Å². The normalized spacial score (nSPS) is 11.2. The summed E-state index contributed by atoms with van der Waals surface area (Å²) in [5.41, 5.74) is 0.997. The lowest BCUT2D eigenvalue weighted by Gasteiger charge is -2.11. The van der Waals surface area contributed by atoms with E-state index in [2.05, 4.69) is 10.1 Å². The molecule has 0 aliphatic rings. The van der Waals surface area contributed by atoms with Crippen LogP contribution in [0.5, 0.6) is 5.75 Å². The molecule has 0 aromatic heterocycles. The van der Waals surface area contributed by atoms with Gasteiger partial charge in [-0.2, -0.15) is 13.2 Å². The molecule has 0 heterocycles. The van der Waals surface area contributed by atoms with Crippen LogP contribution in [0.4, 0.5) is 13.2 Å². The molecule has 0 spiro atoms. The maximum Gasteiger partial charge on any atom is 0.422 e. The average molecular weight is 261 g/mol. The highest BCUT2D eigenvalue weighted by Gasteiger charge is 2.28. The number of rotatable bonds is 4. The summed E-state index contributed by atoms with van der Waals surface area (Å²) in [4.78, 5) is 11.6. The molecule has 100 valence electrons. The van der Waals surface area contributed by atoms with E-state index in [0.29, 0.717) is 17.7 Å². The predicted octanol–water partition coefficient (Wildman–Crippen LogP) is 2.69. The summed E-state index contributed by atoms with van der Waals surface area (Å²) in [5, 5.41) is 2.59. The Bertz CT molecular complexity index is 430. The molecule has 0 bridgehead atoms. The molecule has 0 aliphatic carbocycles. The zero-order chi connectivity index (χ0) is 13.8. The van der Waals surface area contributed by atoms with Crippen LogP contribution in [-0.2, 0) is 0 Å². The van der Waals surface area contributed by atoms with Crippen molar-refractivity contribution < 1.29 is 22.7 Å². The molecule has 3 nitrogen and oxygen atoms in total. The Morgan fingerprint density at radius 1 is 1.39 bits per heavy atom. The largest absolute Gasteiger partial charge is 0.484 e. The number of hydrogen-bond donors (Lipinski definition) is 1. The van der Waals surface area contributed by atoms with Crippen LogP contribution < -0.4 is 10.1 Å². The lowest BCUT2D eigenvalue weighted by atomic mass is 10.1. The number of alkyl halides is 3. The number of aryl methyl sites for hydroxylation is 1. The summed E-state index contributed by atoms with van der Waals surface area (Å²) in [6, 6.07) is 4.27. The van der Waals surface area contributed by atoms with Crippen molar-refractivity contribution in [3.05, 3.63) is 29.3 Å². The maximum absolute atomic E-state index is 12.0. The predicted molar refractivity (Wildman–Crippen MR) is 60.7 cm³/mol. The van der Waals surface area contributed by atoms with Crippen LogP contribution in [0.1, 0.15) is 22.8 Å². The Labute approximate surface area is 103 Å². The molecule has 1 N–H and O–H groups in total. The number of carbonyl (C=O) groups excluding carboxylic acids is 1. The third-order valence-electron chi connectivity index (χ3n) is 2.19. The minimum Gasteiger partial charge on any atom is -0.484 e. The first-order valence-electron chi connectivity index (χ1n) is 5.42. The first-order valence-corrected chi connectivity index (χ1v) is 5.42. The quantitative estimate of drug-likeness (QED) is 0.905. The van der Waals surface area contributed by atoms with Crippen molar-refractivity contribution in [1.29, 1.82) is 0 Å². The zero-order valence-electron chi connectivity index (χ0n) is 10.1. The van der Waals surface area contributed by atoms with Gasteiger partial charge in [-0.3, -0.25) is 4.79 Å². The maximum atomic E-state index is 12.0. The van der Waals surface area contributed by atoms with E-state index < -0.39 is 12.8 Å². The van der Waals surface area contributed by atoms with Crippen LogP contribution in [-0.4, -0.2) is 25.2 Å². The smallest absolute Gasteiger partial charge is 0.422 e. The van der Waals surface area contributed by atoms with E-state index in [1.54, 1.807) is 19.9 Å². The Hall–Kier alpha value is -1.72. The van der Waals surface area contributed by atoms with Gasteiger partial charge in [-0.15, -0.1) is 0 Å². The molecular formula is C12H14F3NO2. The third-order valence-corrected chi connectivity index (χ3v) is 2.19. The lowest BCUT2D eigenvalue weighted by molar-refractivity contribution is -0.153. The number of nitrogens with one attached hydrogen (secondary N) is 1. The molecule has 0 atom stereocenters. The molecule has 6 heteroatoms. The summed E-state index contributed by atoms with van der Waals surface area (Å²) in [6.45, 7) is 2.55. The molecule has 0 saturated carbocycles. The second kappa shape index (κ2) is 5.75. The van der Waals surface area contributed by atoms with Crippen LogP contribution >= 0.6 is 0 Å². The van der Waals surface area contributed by atoms with Crippen molar-refractivity contribution in [3.63, 3.8) is 0 Å². The van der Waals surface area contributed by atoms with E-state index in [-0.39, 0.29) is 11.7 Å². The van der Waals surface area contributed by atoms with Gasteiger partial charge < -0.3 is 10.1 Å². The molecule has 0 saturated heterocycles. The van der Waals surface area contributed by atoms with Gasteiger partial charge in [0.15, 0.2) is 6.61 Å². The summed E-state index contributed by atoms with van der Waals surface area (Å²) in [5.74, 6) is -0.299. The molecule has 0 aliphatic heterocycles. The van der Waals surface area contributed by atoms with Crippen molar-refractivity contribution in [2.24, 2.45) is 0 Å². The van der Waals surface area contributed by atoms with Crippen molar-refractivity contribution in [2.75, 3.05) is 13.2 Å². The van der Waals surface area contributed by atoms with Gasteiger partial charge >= 0.3 is 6.18 Å². The van der Waals surface area contributed by atoms with Crippen LogP contribution in [0.3, 0.4) is 0 Å². The van der Waals surface area contributed by atoms with E-state index in [0.717, 1.165) is 0 Å². The zero-order valence-corrected chi connectivity index (χ0v) is 10.1. The highest BCUT2D eigenvalue weighted by atomic mass is 19.4. The van der Waals surface area contributed by atoms with Gasteiger partial charge in [0, 0.05) is 12.1 Å². The van der Waals surface area contributed by atoms with Crippen molar-refractivity contribution in [2.45, 2.75) is 20.0 Å². The minimum absolute atomic E-state index is 0.0270. The van der Waals surface area contributed by atoms with E-state index in [4.69, 9.17) is 0 Å². The van der Waals surface area contributed by atoms with Gasteiger partial charge in [-0.1, -0.05) is 6.07 Å². The standard InChI is InChI=1S/C12H14F3NO2/c1-3-16-11(17)10-6-9(5-4-8(10)2)18-7-12(13,14)15/h4-6H,3,7H2,1-2H3,(H,16,17). The third kappa shape index (κ3) is 4.27. The summed E-state index contributed by atoms with van der Waals surface area (Å²) in [6.07, 6.45) is -4.39. The van der Waals surface area contributed by atoms with Crippen molar-refractivity contribution >= 4 is 5.91 Å². The first kappa shape index (κ1) is 14.3. The molecular weight excluding hydrogens is 247 g/mol. The number of halogens is 3. The topological polar surface area (TPSA) is 38.3 Å². The van der Waals surface area contributed by atoms with Gasteiger partial charge in [0.2, 0.25) is 0 Å². The average Bonchev–Trinajstić information content (AvgIpc) is 2.27. The fraction of sp³-hybridized carbons (Fsp3) is 0.417. The van der Waals surface area contributed by atoms with Gasteiger partial charge in [-0.05, 0) is 31.5 Å². The number of carbonyl (C=O) groups is 1. The second-order valence-corrected chi connectivity index (χ2v) is 3.74. The van der Waals surface area contributed by atoms with Gasteiger partial charge in [0.05, 0.1) is 0 Å². The lowest BCUT2D eigenvalue weighted by Crippen LogP contribution is -2.24. The Kier molecular flexibility index (Phi) is 4.58. The highest BCUT2D eigenvalue weighted by molar-refractivity contribution is 5.95. The summed E-state index contributed by atoms with van der Waals surface area (Å²) >= 11 is 0.